The Balaban J connectivity index is 1.79. The molecule has 0 spiro atoms. The maximum Gasteiger partial charge on any atom is 0.315 e. The summed E-state index contributed by atoms with van der Waals surface area (Å²) in [6, 6.07) is -0.621. The molecule has 0 aromatic heterocycles. The Kier molecular flexibility index (Phi) is 4.83. The third-order valence-electron chi connectivity index (χ3n) is 4.24. The Morgan fingerprint density at radius 1 is 1.28 bits per heavy atom. The van der Waals surface area contributed by atoms with Crippen molar-refractivity contribution >= 4 is 6.03 Å². The molecule has 104 valence electrons. The molecule has 18 heavy (non-hydrogen) atoms. The lowest BCUT2D eigenvalue weighted by atomic mass is 9.83. The zero-order valence-electron chi connectivity index (χ0n) is 10.9. The van der Waals surface area contributed by atoms with Gasteiger partial charge in [-0.2, -0.15) is 0 Å². The molecule has 2 fully saturated rings. The molecule has 2 amide bonds. The van der Waals surface area contributed by atoms with Crippen LogP contribution in [0.15, 0.2) is 0 Å². The molecule has 2 aliphatic rings. The smallest absolute Gasteiger partial charge is 0.315 e. The number of nitrogens with two attached hydrogens (primary N) is 1. The van der Waals surface area contributed by atoms with Crippen LogP contribution < -0.4 is 16.4 Å². The number of hydrogen-bond acceptors (Lipinski definition) is 3. The maximum atomic E-state index is 11.2. The summed E-state index contributed by atoms with van der Waals surface area (Å²) >= 11 is 0. The SMILES string of the molecule is NC(CC1CCCCC1)C(O)[C@@H]1CCNC(=O)N1. The second kappa shape index (κ2) is 6.38. The minimum atomic E-state index is -0.627. The Labute approximate surface area is 109 Å². The van der Waals surface area contributed by atoms with Crippen molar-refractivity contribution in [3.05, 3.63) is 0 Å². The largest absolute Gasteiger partial charge is 0.389 e. The van der Waals surface area contributed by atoms with Crippen LogP contribution in [-0.2, 0) is 0 Å². The van der Waals surface area contributed by atoms with Crippen molar-refractivity contribution in [1.82, 2.24) is 10.6 Å². The van der Waals surface area contributed by atoms with Crippen molar-refractivity contribution in [2.24, 2.45) is 11.7 Å². The van der Waals surface area contributed by atoms with Crippen molar-refractivity contribution < 1.29 is 9.90 Å². The molecule has 1 aliphatic carbocycles. The molecule has 1 saturated carbocycles. The van der Waals surface area contributed by atoms with Gasteiger partial charge in [-0.05, 0) is 18.8 Å². The van der Waals surface area contributed by atoms with Crippen LogP contribution in [-0.4, -0.2) is 35.9 Å². The van der Waals surface area contributed by atoms with Gasteiger partial charge in [0.15, 0.2) is 0 Å². The molecule has 0 radical (unpaired) electrons. The summed E-state index contributed by atoms with van der Waals surface area (Å²) in [6.07, 6.45) is 7.37. The zero-order chi connectivity index (χ0) is 13.0. The molecule has 1 heterocycles. The zero-order valence-corrected chi connectivity index (χ0v) is 10.9. The fourth-order valence-corrected chi connectivity index (χ4v) is 3.13. The Hall–Kier alpha value is -0.810. The van der Waals surface area contributed by atoms with Crippen molar-refractivity contribution in [1.29, 1.82) is 0 Å². The molecule has 3 atom stereocenters. The van der Waals surface area contributed by atoms with E-state index in [0.29, 0.717) is 12.5 Å². The molecule has 2 rings (SSSR count). The topological polar surface area (TPSA) is 87.4 Å². The molecule has 2 unspecified atom stereocenters. The van der Waals surface area contributed by atoms with Crippen molar-refractivity contribution in [2.75, 3.05) is 6.54 Å². The Bertz CT molecular complexity index is 279. The molecule has 0 bridgehead atoms. The summed E-state index contributed by atoms with van der Waals surface area (Å²) < 4.78 is 0. The first kappa shape index (κ1) is 13.6. The van der Waals surface area contributed by atoms with Crippen LogP contribution in [0.5, 0.6) is 0 Å². The van der Waals surface area contributed by atoms with E-state index in [0.717, 1.165) is 12.8 Å². The molecule has 0 aromatic rings. The highest BCUT2D eigenvalue weighted by Gasteiger charge is 2.30. The highest BCUT2D eigenvalue weighted by molar-refractivity contribution is 5.75. The van der Waals surface area contributed by atoms with E-state index in [2.05, 4.69) is 10.6 Å². The van der Waals surface area contributed by atoms with Crippen LogP contribution in [0.2, 0.25) is 0 Å². The van der Waals surface area contributed by atoms with Crippen LogP contribution in [0.1, 0.15) is 44.9 Å². The molecule has 5 nitrogen and oxygen atoms in total. The van der Waals surface area contributed by atoms with Gasteiger partial charge in [-0.1, -0.05) is 32.1 Å². The summed E-state index contributed by atoms with van der Waals surface area (Å²) in [5.74, 6) is 0.654. The monoisotopic (exact) mass is 255 g/mol. The Morgan fingerprint density at radius 2 is 2.00 bits per heavy atom. The molecular weight excluding hydrogens is 230 g/mol. The number of carbonyl (C=O) groups excluding carboxylic acids is 1. The number of amides is 2. The number of carbonyl (C=O) groups is 1. The van der Waals surface area contributed by atoms with Gasteiger partial charge in [0.1, 0.15) is 0 Å². The van der Waals surface area contributed by atoms with Gasteiger partial charge >= 0.3 is 6.03 Å². The van der Waals surface area contributed by atoms with Gasteiger partial charge in [0.2, 0.25) is 0 Å². The quantitative estimate of drug-likeness (QED) is 0.597. The van der Waals surface area contributed by atoms with E-state index in [9.17, 15) is 9.90 Å². The average molecular weight is 255 g/mol. The lowest BCUT2D eigenvalue weighted by Crippen LogP contribution is -2.58. The molecule has 1 saturated heterocycles. The third kappa shape index (κ3) is 3.59. The lowest BCUT2D eigenvalue weighted by molar-refractivity contribution is 0.0827. The number of aliphatic hydroxyl groups excluding tert-OH is 1. The highest BCUT2D eigenvalue weighted by atomic mass is 16.3. The standard InChI is InChI=1S/C13H25N3O2/c14-10(8-9-4-2-1-3-5-9)12(17)11-6-7-15-13(18)16-11/h9-12,17H,1-8,14H2,(H2,15,16,18)/t10?,11-,12?/m0/s1. The van der Waals surface area contributed by atoms with Crippen LogP contribution in [0.4, 0.5) is 4.79 Å². The Morgan fingerprint density at radius 3 is 2.67 bits per heavy atom. The normalized spacial score (nSPS) is 29.2. The summed E-state index contributed by atoms with van der Waals surface area (Å²) in [6.45, 7) is 0.615. The number of nitrogens with one attached hydrogen (secondary N) is 2. The fourth-order valence-electron chi connectivity index (χ4n) is 3.13. The number of urea groups is 1. The molecule has 5 N–H and O–H groups in total. The molecule has 1 aliphatic heterocycles. The van der Waals surface area contributed by atoms with E-state index in [1.165, 1.54) is 32.1 Å². The minimum absolute atomic E-state index is 0.197. The fraction of sp³-hybridized carbons (Fsp3) is 0.923. The van der Waals surface area contributed by atoms with E-state index in [1.807, 2.05) is 0 Å². The first-order valence-electron chi connectivity index (χ1n) is 7.15. The van der Waals surface area contributed by atoms with Crippen LogP contribution in [0.25, 0.3) is 0 Å². The summed E-state index contributed by atoms with van der Waals surface area (Å²) in [5.41, 5.74) is 6.10. The average Bonchev–Trinajstić information content (AvgIpc) is 2.39. The van der Waals surface area contributed by atoms with Crippen LogP contribution in [0, 0.1) is 5.92 Å². The molecule has 5 heteroatoms. The second-order valence-corrected chi connectivity index (χ2v) is 5.69. The summed E-state index contributed by atoms with van der Waals surface area (Å²) in [7, 11) is 0. The predicted molar refractivity (Wildman–Crippen MR) is 70.1 cm³/mol. The van der Waals surface area contributed by atoms with Crippen LogP contribution in [0.3, 0.4) is 0 Å². The maximum absolute atomic E-state index is 11.2. The first-order chi connectivity index (χ1) is 8.66. The third-order valence-corrected chi connectivity index (χ3v) is 4.24. The van der Waals surface area contributed by atoms with Gasteiger partial charge in [0, 0.05) is 12.6 Å². The van der Waals surface area contributed by atoms with Gasteiger partial charge < -0.3 is 21.5 Å². The van der Waals surface area contributed by atoms with E-state index in [4.69, 9.17) is 5.73 Å². The van der Waals surface area contributed by atoms with Crippen molar-refractivity contribution in [3.63, 3.8) is 0 Å². The summed E-state index contributed by atoms with van der Waals surface area (Å²) in [4.78, 5) is 11.2. The van der Waals surface area contributed by atoms with Gasteiger partial charge in [0.05, 0.1) is 12.1 Å². The minimum Gasteiger partial charge on any atom is -0.389 e. The number of rotatable bonds is 4. The lowest BCUT2D eigenvalue weighted by Gasteiger charge is -2.33. The second-order valence-electron chi connectivity index (χ2n) is 5.69. The van der Waals surface area contributed by atoms with Gasteiger partial charge in [-0.3, -0.25) is 0 Å². The van der Waals surface area contributed by atoms with Crippen molar-refractivity contribution in [2.45, 2.75) is 63.1 Å². The predicted octanol–water partition coefficient (Wildman–Crippen LogP) is 0.716. The van der Waals surface area contributed by atoms with Gasteiger partial charge in [-0.25, -0.2) is 4.79 Å². The van der Waals surface area contributed by atoms with E-state index in [-0.39, 0.29) is 18.1 Å². The van der Waals surface area contributed by atoms with Crippen LogP contribution >= 0.6 is 0 Å². The van der Waals surface area contributed by atoms with E-state index >= 15 is 0 Å². The highest BCUT2D eigenvalue weighted by Crippen LogP contribution is 2.28. The first-order valence-corrected chi connectivity index (χ1v) is 7.15. The molecule has 0 aromatic carbocycles. The van der Waals surface area contributed by atoms with Gasteiger partial charge in [0.25, 0.3) is 0 Å². The van der Waals surface area contributed by atoms with Gasteiger partial charge in [-0.15, -0.1) is 0 Å². The van der Waals surface area contributed by atoms with E-state index < -0.39 is 6.10 Å². The molecular formula is C13H25N3O2. The summed E-state index contributed by atoms with van der Waals surface area (Å²) in [5, 5.41) is 15.7. The van der Waals surface area contributed by atoms with E-state index in [1.54, 1.807) is 0 Å². The van der Waals surface area contributed by atoms with Crippen molar-refractivity contribution in [3.8, 4) is 0 Å². The number of hydrogen-bond donors (Lipinski definition) is 4. The number of aliphatic hydroxyl groups is 1.